The van der Waals surface area contributed by atoms with Crippen LogP contribution in [0.25, 0.3) is 0 Å². The summed E-state index contributed by atoms with van der Waals surface area (Å²) in [4.78, 5) is 20.0. The van der Waals surface area contributed by atoms with E-state index in [4.69, 9.17) is 4.74 Å². The van der Waals surface area contributed by atoms with Crippen molar-refractivity contribution in [3.8, 4) is 0 Å². The maximum absolute atomic E-state index is 12.3. The number of cyclic esters (lactones) is 1. The van der Waals surface area contributed by atoms with Gasteiger partial charge in [0.25, 0.3) is 0 Å². The van der Waals surface area contributed by atoms with Gasteiger partial charge in [0.15, 0.2) is 5.70 Å². The first-order chi connectivity index (χ1) is 11.3. The molecule has 0 saturated carbocycles. The molecule has 4 nitrogen and oxygen atoms in total. The lowest BCUT2D eigenvalue weighted by atomic mass is 10.2. The van der Waals surface area contributed by atoms with E-state index in [0.717, 1.165) is 27.7 Å². The number of para-hydroxylation sites is 1. The van der Waals surface area contributed by atoms with Crippen molar-refractivity contribution in [2.24, 2.45) is 4.99 Å². The van der Waals surface area contributed by atoms with Gasteiger partial charge >= 0.3 is 5.97 Å². The summed E-state index contributed by atoms with van der Waals surface area (Å²) in [5, 5.41) is 0.838. The molecule has 0 aliphatic carbocycles. The van der Waals surface area contributed by atoms with Gasteiger partial charge in [-0.05, 0) is 31.2 Å². The van der Waals surface area contributed by atoms with E-state index in [1.807, 2.05) is 42.5 Å². The topological polar surface area (TPSA) is 41.9 Å². The van der Waals surface area contributed by atoms with Crippen LogP contribution in [-0.4, -0.2) is 18.4 Å². The first kappa shape index (κ1) is 14.1. The van der Waals surface area contributed by atoms with Crippen molar-refractivity contribution in [2.45, 2.75) is 11.8 Å². The van der Waals surface area contributed by atoms with Crippen molar-refractivity contribution >= 4 is 29.3 Å². The molecule has 0 amide bonds. The van der Waals surface area contributed by atoms with Crippen LogP contribution in [0.3, 0.4) is 0 Å². The second kappa shape index (κ2) is 5.59. The number of aliphatic imine (C=N–C) groups is 1. The van der Waals surface area contributed by atoms with Crippen LogP contribution in [0.4, 0.5) is 5.69 Å². The molecule has 2 aromatic rings. The van der Waals surface area contributed by atoms with Crippen molar-refractivity contribution in [3.05, 3.63) is 70.9 Å². The summed E-state index contributed by atoms with van der Waals surface area (Å²) in [5.41, 5.74) is 2.30. The number of esters is 1. The van der Waals surface area contributed by atoms with E-state index in [0.29, 0.717) is 11.6 Å². The molecule has 2 aromatic carbocycles. The van der Waals surface area contributed by atoms with Crippen LogP contribution in [0.15, 0.2) is 75.2 Å². The molecule has 114 valence electrons. The molecular weight excluding hydrogens is 308 g/mol. The van der Waals surface area contributed by atoms with Crippen LogP contribution in [0.2, 0.25) is 0 Å². The van der Waals surface area contributed by atoms with Crippen molar-refractivity contribution in [1.29, 1.82) is 0 Å². The van der Waals surface area contributed by atoms with Crippen molar-refractivity contribution < 1.29 is 9.53 Å². The van der Waals surface area contributed by atoms with E-state index < -0.39 is 5.97 Å². The number of rotatable bonds is 2. The van der Waals surface area contributed by atoms with E-state index >= 15 is 0 Å². The second-order valence-electron chi connectivity index (χ2n) is 5.14. The van der Waals surface area contributed by atoms with Gasteiger partial charge in [-0.1, -0.05) is 42.1 Å². The largest absolute Gasteiger partial charge is 0.402 e. The van der Waals surface area contributed by atoms with E-state index in [1.54, 1.807) is 11.8 Å². The number of anilines is 1. The van der Waals surface area contributed by atoms with Gasteiger partial charge < -0.3 is 9.64 Å². The van der Waals surface area contributed by atoms with E-state index in [1.165, 1.54) is 0 Å². The molecule has 0 unspecified atom stereocenters. The van der Waals surface area contributed by atoms with E-state index in [-0.39, 0.29) is 0 Å². The van der Waals surface area contributed by atoms with Crippen LogP contribution >= 0.6 is 11.8 Å². The summed E-state index contributed by atoms with van der Waals surface area (Å²) in [6, 6.07) is 17.6. The average molecular weight is 322 g/mol. The average Bonchev–Trinajstić information content (AvgIpc) is 3.15. The Morgan fingerprint density at radius 3 is 2.61 bits per heavy atom. The summed E-state index contributed by atoms with van der Waals surface area (Å²) in [7, 11) is 0. The maximum atomic E-state index is 12.3. The van der Waals surface area contributed by atoms with Gasteiger partial charge in [-0.15, -0.1) is 0 Å². The SMILES string of the molecule is CCN1/C(=C2/N=C(c3ccccc3)OC2=O)Sc2ccccc21. The molecule has 23 heavy (non-hydrogen) atoms. The van der Waals surface area contributed by atoms with Crippen LogP contribution in [0.5, 0.6) is 0 Å². The first-order valence-corrected chi connectivity index (χ1v) is 8.24. The molecule has 0 fully saturated rings. The zero-order valence-corrected chi connectivity index (χ0v) is 13.3. The van der Waals surface area contributed by atoms with Gasteiger partial charge in [-0.2, -0.15) is 0 Å². The monoisotopic (exact) mass is 322 g/mol. The first-order valence-electron chi connectivity index (χ1n) is 7.43. The number of hydrogen-bond donors (Lipinski definition) is 0. The Hall–Kier alpha value is -2.53. The Labute approximate surface area is 138 Å². The molecule has 4 rings (SSSR count). The predicted octanol–water partition coefficient (Wildman–Crippen LogP) is 3.79. The normalized spacial score (nSPS) is 19.6. The number of hydrogen-bond acceptors (Lipinski definition) is 5. The molecule has 0 N–H and O–H groups in total. The zero-order chi connectivity index (χ0) is 15.8. The fraction of sp³-hybridized carbons (Fsp3) is 0.111. The number of thioether (sulfide) groups is 1. The fourth-order valence-electron chi connectivity index (χ4n) is 2.67. The van der Waals surface area contributed by atoms with Crippen LogP contribution in [-0.2, 0) is 9.53 Å². The Morgan fingerprint density at radius 2 is 1.83 bits per heavy atom. The van der Waals surface area contributed by atoms with Gasteiger partial charge in [0.2, 0.25) is 5.90 Å². The van der Waals surface area contributed by atoms with Crippen LogP contribution in [0, 0.1) is 0 Å². The maximum Gasteiger partial charge on any atom is 0.366 e. The molecule has 5 heteroatoms. The smallest absolute Gasteiger partial charge is 0.366 e. The third-order valence-corrected chi connectivity index (χ3v) is 4.92. The molecule has 2 aliphatic heterocycles. The lowest BCUT2D eigenvalue weighted by Gasteiger charge is -2.17. The van der Waals surface area contributed by atoms with Crippen molar-refractivity contribution in [3.63, 3.8) is 0 Å². The molecule has 0 bridgehead atoms. The molecule has 0 aromatic heterocycles. The molecule has 0 radical (unpaired) electrons. The van der Waals surface area contributed by atoms with E-state index in [2.05, 4.69) is 28.9 Å². The number of benzene rings is 2. The number of nitrogens with zero attached hydrogens (tertiary/aromatic N) is 2. The highest BCUT2D eigenvalue weighted by atomic mass is 32.2. The quantitative estimate of drug-likeness (QED) is 0.623. The Morgan fingerprint density at radius 1 is 1.09 bits per heavy atom. The van der Waals surface area contributed by atoms with Crippen molar-refractivity contribution in [2.75, 3.05) is 11.4 Å². The minimum atomic E-state index is -0.391. The summed E-state index contributed by atoms with van der Waals surface area (Å²) in [6.07, 6.45) is 0. The third-order valence-electron chi connectivity index (χ3n) is 3.74. The van der Waals surface area contributed by atoms with Gasteiger partial charge in [-0.3, -0.25) is 0 Å². The summed E-state index contributed by atoms with van der Waals surface area (Å²) < 4.78 is 5.38. The Bertz CT molecular complexity index is 843. The molecular formula is C18H14N2O2S. The highest BCUT2D eigenvalue weighted by molar-refractivity contribution is 8.03. The predicted molar refractivity (Wildman–Crippen MR) is 91.4 cm³/mol. The number of carbonyl (C=O) groups excluding carboxylic acids is 1. The zero-order valence-electron chi connectivity index (χ0n) is 12.5. The lowest BCUT2D eigenvalue weighted by molar-refractivity contribution is -0.130. The molecule has 0 spiro atoms. The van der Waals surface area contributed by atoms with Gasteiger partial charge in [0, 0.05) is 17.0 Å². The second-order valence-corrected chi connectivity index (χ2v) is 6.17. The lowest BCUT2D eigenvalue weighted by Crippen LogP contribution is -2.19. The van der Waals surface area contributed by atoms with Gasteiger partial charge in [0.05, 0.1) is 5.69 Å². The van der Waals surface area contributed by atoms with Gasteiger partial charge in [-0.25, -0.2) is 9.79 Å². The molecule has 2 heterocycles. The third kappa shape index (κ3) is 2.33. The van der Waals surface area contributed by atoms with Crippen LogP contribution in [0.1, 0.15) is 12.5 Å². The molecule has 2 aliphatic rings. The summed E-state index contributed by atoms with van der Waals surface area (Å²) >= 11 is 1.56. The number of ether oxygens (including phenoxy) is 1. The van der Waals surface area contributed by atoms with Crippen molar-refractivity contribution in [1.82, 2.24) is 0 Å². The Balaban J connectivity index is 1.79. The van der Waals surface area contributed by atoms with Gasteiger partial charge in [0.1, 0.15) is 5.03 Å². The van der Waals surface area contributed by atoms with Crippen LogP contribution < -0.4 is 4.90 Å². The highest BCUT2D eigenvalue weighted by Crippen LogP contribution is 2.47. The molecule has 0 saturated heterocycles. The van der Waals surface area contributed by atoms with E-state index in [9.17, 15) is 4.79 Å². The number of fused-ring (bicyclic) bond motifs is 1. The minimum absolute atomic E-state index is 0.366. The summed E-state index contributed by atoms with van der Waals surface area (Å²) in [6.45, 7) is 2.83. The Kier molecular flexibility index (Phi) is 3.42. The fourth-order valence-corrected chi connectivity index (χ4v) is 3.87. The highest BCUT2D eigenvalue weighted by Gasteiger charge is 2.34. The summed E-state index contributed by atoms with van der Waals surface area (Å²) in [5.74, 6) is -0.0247. The standard InChI is InChI=1S/C18H14N2O2S/c1-2-20-13-10-6-7-11-14(13)23-17(20)15-18(21)22-16(19-15)12-8-4-3-5-9-12/h3-11H,2H2,1H3/b17-15-. The number of carbonyl (C=O) groups is 1. The minimum Gasteiger partial charge on any atom is -0.402 e. The molecule has 0 atom stereocenters.